The number of rotatable bonds is 4. The van der Waals surface area contributed by atoms with Crippen molar-refractivity contribution in [1.82, 2.24) is 4.98 Å². The summed E-state index contributed by atoms with van der Waals surface area (Å²) in [6.07, 6.45) is 1.68. The van der Waals surface area contributed by atoms with E-state index in [0.717, 1.165) is 16.3 Å². The van der Waals surface area contributed by atoms with Crippen molar-refractivity contribution in [3.05, 3.63) is 134 Å². The Hall–Kier alpha value is -2.39. The molecular formula is C36H45Cl3FN. The van der Waals surface area contributed by atoms with Gasteiger partial charge in [0, 0.05) is 21.9 Å². The van der Waals surface area contributed by atoms with E-state index in [1.165, 1.54) is 22.8 Å². The van der Waals surface area contributed by atoms with Crippen molar-refractivity contribution in [3.8, 4) is 0 Å². The first-order valence-electron chi connectivity index (χ1n) is 14.1. The number of halogens is 4. The summed E-state index contributed by atoms with van der Waals surface area (Å²) < 4.78 is 13.0. The van der Waals surface area contributed by atoms with Crippen LogP contribution in [0.25, 0.3) is 0 Å². The van der Waals surface area contributed by atoms with Crippen LogP contribution in [0, 0.1) is 12.7 Å². The van der Waals surface area contributed by atoms with E-state index in [9.17, 15) is 4.39 Å². The summed E-state index contributed by atoms with van der Waals surface area (Å²) in [6.45, 7) is 19.0. The van der Waals surface area contributed by atoms with Crippen molar-refractivity contribution in [2.45, 2.75) is 86.0 Å². The molecule has 0 atom stereocenters. The lowest BCUT2D eigenvalue weighted by molar-refractivity contribution is 0.598. The second-order valence-electron chi connectivity index (χ2n) is 11.1. The van der Waals surface area contributed by atoms with Crippen molar-refractivity contribution in [3.63, 3.8) is 0 Å². The predicted molar refractivity (Wildman–Crippen MR) is 180 cm³/mol. The van der Waals surface area contributed by atoms with Crippen molar-refractivity contribution in [1.29, 1.82) is 0 Å². The zero-order valence-corrected chi connectivity index (χ0v) is 28.1. The molecule has 4 rings (SSSR count). The van der Waals surface area contributed by atoms with Gasteiger partial charge in [-0.3, -0.25) is 4.98 Å². The SMILES string of the molecule is CC(C)c1ccc(Cl)cc1.CC(C)c1ccc(Cl)cc1F.CC(C)c1ccc(Cl)cn1.Cc1ccc(C(C)C)cc1. The third-order valence-corrected chi connectivity index (χ3v) is 6.92. The van der Waals surface area contributed by atoms with Crippen LogP contribution < -0.4 is 0 Å². The Bertz CT molecular complexity index is 1150. The van der Waals surface area contributed by atoms with E-state index in [2.05, 4.69) is 89.8 Å². The molecule has 0 aliphatic heterocycles. The van der Waals surface area contributed by atoms with Crippen LogP contribution in [0.2, 0.25) is 15.1 Å². The maximum Gasteiger partial charge on any atom is 0.128 e. The molecule has 0 aliphatic carbocycles. The summed E-state index contributed by atoms with van der Waals surface area (Å²) in [5.41, 5.74) is 5.90. The molecule has 3 aromatic carbocycles. The van der Waals surface area contributed by atoms with Gasteiger partial charge in [0.1, 0.15) is 5.82 Å². The molecule has 0 unspecified atom stereocenters. The first-order valence-corrected chi connectivity index (χ1v) is 15.2. The molecule has 0 aliphatic rings. The Kier molecular flexibility index (Phi) is 16.9. The van der Waals surface area contributed by atoms with Crippen LogP contribution >= 0.6 is 34.8 Å². The Labute approximate surface area is 263 Å². The molecule has 1 aromatic heterocycles. The average molecular weight is 617 g/mol. The highest BCUT2D eigenvalue weighted by molar-refractivity contribution is 6.31. The minimum absolute atomic E-state index is 0.215. The van der Waals surface area contributed by atoms with Gasteiger partial charge in [0.15, 0.2) is 0 Å². The van der Waals surface area contributed by atoms with E-state index in [1.54, 1.807) is 18.3 Å². The van der Waals surface area contributed by atoms with Gasteiger partial charge in [-0.05, 0) is 83.7 Å². The highest BCUT2D eigenvalue weighted by Gasteiger charge is 2.05. The molecule has 41 heavy (non-hydrogen) atoms. The van der Waals surface area contributed by atoms with Crippen LogP contribution in [0.4, 0.5) is 4.39 Å². The zero-order chi connectivity index (χ0) is 31.1. The van der Waals surface area contributed by atoms with Crippen LogP contribution in [0.3, 0.4) is 0 Å². The molecule has 1 heterocycles. The van der Waals surface area contributed by atoms with Crippen LogP contribution in [-0.4, -0.2) is 4.98 Å². The summed E-state index contributed by atoms with van der Waals surface area (Å²) in [4.78, 5) is 4.15. The summed E-state index contributed by atoms with van der Waals surface area (Å²) in [7, 11) is 0. The van der Waals surface area contributed by atoms with E-state index < -0.39 is 0 Å². The fourth-order valence-corrected chi connectivity index (χ4v) is 3.89. The van der Waals surface area contributed by atoms with Crippen molar-refractivity contribution in [2.24, 2.45) is 0 Å². The minimum atomic E-state index is -0.215. The van der Waals surface area contributed by atoms with Crippen molar-refractivity contribution < 1.29 is 4.39 Å². The van der Waals surface area contributed by atoms with Gasteiger partial charge in [-0.15, -0.1) is 0 Å². The lowest BCUT2D eigenvalue weighted by atomic mass is 10.0. The van der Waals surface area contributed by atoms with Crippen LogP contribution in [0.1, 0.15) is 107 Å². The number of aryl methyl sites for hydroxylation is 1. The van der Waals surface area contributed by atoms with Gasteiger partial charge in [-0.25, -0.2) is 4.39 Å². The number of benzene rings is 3. The summed E-state index contributed by atoms with van der Waals surface area (Å²) in [5.74, 6) is 1.73. The molecule has 5 heteroatoms. The molecule has 222 valence electrons. The molecule has 4 aromatic rings. The topological polar surface area (TPSA) is 12.9 Å². The molecule has 0 fully saturated rings. The Morgan fingerprint density at radius 2 is 1.00 bits per heavy atom. The van der Waals surface area contributed by atoms with E-state index in [4.69, 9.17) is 34.8 Å². The fourth-order valence-electron chi connectivity index (χ4n) is 3.50. The lowest BCUT2D eigenvalue weighted by Gasteiger charge is -2.05. The normalized spacial score (nSPS) is 10.5. The van der Waals surface area contributed by atoms with E-state index in [0.29, 0.717) is 27.8 Å². The standard InChI is InChI=1S/C10H14.C9H10ClF.C9H11Cl.C8H10ClN/c1-8(2)10-6-4-9(3)5-7-10;1-6(2)8-4-3-7(10)5-9(8)11;1-7(2)8-3-5-9(10)6-4-8;1-6(2)8-4-3-7(9)5-10-8/h4-8H,1-3H3;3-6H,1-2H3;3-7H,1-2H3;3-6H,1-2H3. The molecule has 1 nitrogen and oxygen atoms in total. The first-order chi connectivity index (χ1) is 19.2. The van der Waals surface area contributed by atoms with Crippen LogP contribution in [0.15, 0.2) is 85.1 Å². The molecule has 0 bridgehead atoms. The average Bonchev–Trinajstić information content (AvgIpc) is 2.90. The largest absolute Gasteiger partial charge is 0.259 e. The lowest BCUT2D eigenvalue weighted by Crippen LogP contribution is -1.91. The number of pyridine rings is 1. The second-order valence-corrected chi connectivity index (χ2v) is 12.5. The first kappa shape index (κ1) is 36.6. The van der Waals surface area contributed by atoms with Gasteiger partial charge in [0.2, 0.25) is 0 Å². The maximum atomic E-state index is 13.0. The Balaban J connectivity index is 0.000000274. The second kappa shape index (κ2) is 18.9. The molecule has 0 amide bonds. The number of hydrogen-bond acceptors (Lipinski definition) is 1. The molecule has 0 spiro atoms. The molecular weight excluding hydrogens is 572 g/mol. The highest BCUT2D eigenvalue weighted by Crippen LogP contribution is 2.21. The molecule has 0 saturated heterocycles. The summed E-state index contributed by atoms with van der Waals surface area (Å²) in [5, 5.41) is 1.96. The van der Waals surface area contributed by atoms with Crippen molar-refractivity contribution >= 4 is 34.8 Å². The fraction of sp³-hybridized carbons (Fsp3) is 0.361. The Morgan fingerprint density at radius 1 is 0.537 bits per heavy atom. The van der Waals surface area contributed by atoms with Gasteiger partial charge in [-0.1, -0.05) is 138 Å². The smallest absolute Gasteiger partial charge is 0.128 e. The van der Waals surface area contributed by atoms with Gasteiger partial charge in [0.25, 0.3) is 0 Å². The monoisotopic (exact) mass is 615 g/mol. The van der Waals surface area contributed by atoms with Gasteiger partial charge in [-0.2, -0.15) is 0 Å². The van der Waals surface area contributed by atoms with Gasteiger partial charge >= 0.3 is 0 Å². The summed E-state index contributed by atoms with van der Waals surface area (Å²) >= 11 is 17.0. The van der Waals surface area contributed by atoms with Crippen LogP contribution in [-0.2, 0) is 0 Å². The predicted octanol–water partition coefficient (Wildman–Crippen LogP) is 13.0. The number of nitrogens with zero attached hydrogens (tertiary/aromatic N) is 1. The van der Waals surface area contributed by atoms with E-state index in [-0.39, 0.29) is 11.7 Å². The third kappa shape index (κ3) is 14.9. The van der Waals surface area contributed by atoms with Crippen molar-refractivity contribution in [2.75, 3.05) is 0 Å². The highest BCUT2D eigenvalue weighted by atomic mass is 35.5. The summed E-state index contributed by atoms with van der Waals surface area (Å²) in [6, 6.07) is 25.3. The number of aromatic nitrogens is 1. The molecule has 0 N–H and O–H groups in total. The van der Waals surface area contributed by atoms with E-state index >= 15 is 0 Å². The third-order valence-electron chi connectivity index (χ3n) is 6.21. The number of hydrogen-bond donors (Lipinski definition) is 0. The Morgan fingerprint density at radius 3 is 1.39 bits per heavy atom. The molecule has 0 saturated carbocycles. The maximum absolute atomic E-state index is 13.0. The molecule has 0 radical (unpaired) electrons. The van der Waals surface area contributed by atoms with Gasteiger partial charge in [0.05, 0.1) is 5.02 Å². The quantitative estimate of drug-likeness (QED) is 0.222. The van der Waals surface area contributed by atoms with Crippen LogP contribution in [0.5, 0.6) is 0 Å². The van der Waals surface area contributed by atoms with Gasteiger partial charge < -0.3 is 0 Å². The minimum Gasteiger partial charge on any atom is -0.259 e. The van der Waals surface area contributed by atoms with E-state index in [1.807, 2.05) is 38.1 Å². The zero-order valence-electron chi connectivity index (χ0n) is 25.9.